The molecule has 0 spiro atoms. The molecule has 0 aliphatic rings. The number of hydrogen-bond donors (Lipinski definition) is 3. The smallest absolute Gasteiger partial charge is 0.259 e. The van der Waals surface area contributed by atoms with Crippen LogP contribution in [-0.4, -0.2) is 22.5 Å². The second-order valence-corrected chi connectivity index (χ2v) is 6.27. The van der Waals surface area contributed by atoms with Gasteiger partial charge in [0.05, 0.1) is 23.6 Å². The van der Waals surface area contributed by atoms with Gasteiger partial charge in [-0.1, -0.05) is 12.1 Å². The zero-order valence-electron chi connectivity index (χ0n) is 14.5. The van der Waals surface area contributed by atoms with Crippen LogP contribution in [-0.2, 0) is 0 Å². The van der Waals surface area contributed by atoms with E-state index in [1.807, 2.05) is 38.1 Å². The van der Waals surface area contributed by atoms with Crippen LogP contribution in [0, 0.1) is 4.77 Å². The van der Waals surface area contributed by atoms with Crippen molar-refractivity contribution in [2.75, 3.05) is 6.61 Å². The van der Waals surface area contributed by atoms with Crippen molar-refractivity contribution in [3.8, 4) is 5.75 Å². The minimum atomic E-state index is -0.279. The maximum absolute atomic E-state index is 12.5. The molecule has 134 valence electrons. The van der Waals surface area contributed by atoms with Gasteiger partial charge in [0.15, 0.2) is 4.77 Å². The molecule has 0 fully saturated rings. The summed E-state index contributed by atoms with van der Waals surface area (Å²) in [5, 5.41) is 3.41. The summed E-state index contributed by atoms with van der Waals surface area (Å²) in [6.45, 7) is 4.45. The highest BCUT2D eigenvalue weighted by Gasteiger charge is 2.13. The lowest BCUT2D eigenvalue weighted by molar-refractivity contribution is 0.0940. The zero-order valence-corrected chi connectivity index (χ0v) is 15.3. The van der Waals surface area contributed by atoms with Crippen LogP contribution >= 0.6 is 12.2 Å². The number of amides is 1. The van der Waals surface area contributed by atoms with E-state index in [0.29, 0.717) is 23.1 Å². The van der Waals surface area contributed by atoms with Crippen LogP contribution in [0.4, 0.5) is 0 Å². The summed E-state index contributed by atoms with van der Waals surface area (Å²) in [5.74, 6) is 0.567. The fourth-order valence-corrected chi connectivity index (χ4v) is 2.90. The minimum absolute atomic E-state index is 0.174. The monoisotopic (exact) mass is 369 g/mol. The molecule has 0 saturated carbocycles. The van der Waals surface area contributed by atoms with Crippen LogP contribution in [0.5, 0.6) is 5.75 Å². The number of hydrogen-bond acceptors (Lipinski definition) is 4. The van der Waals surface area contributed by atoms with Crippen LogP contribution in [0.2, 0.25) is 0 Å². The molecule has 3 aromatic rings. The van der Waals surface area contributed by atoms with Gasteiger partial charge in [-0.05, 0) is 62.0 Å². The Morgan fingerprint density at radius 2 is 1.92 bits per heavy atom. The van der Waals surface area contributed by atoms with Crippen molar-refractivity contribution in [1.82, 2.24) is 15.3 Å². The zero-order chi connectivity index (χ0) is 18.7. The number of H-pyrrole nitrogens is 2. The van der Waals surface area contributed by atoms with Crippen LogP contribution in [0.25, 0.3) is 10.9 Å². The molecular formula is C19H19N3O3S. The molecule has 1 atom stereocenters. The van der Waals surface area contributed by atoms with E-state index in [1.165, 1.54) is 0 Å². The molecule has 0 radical (unpaired) electrons. The summed E-state index contributed by atoms with van der Waals surface area (Å²) >= 11 is 4.98. The number of fused-ring (bicyclic) bond motifs is 1. The molecule has 1 aromatic heterocycles. The van der Waals surface area contributed by atoms with Crippen LogP contribution in [0.15, 0.2) is 47.3 Å². The van der Waals surface area contributed by atoms with E-state index in [0.717, 1.165) is 11.3 Å². The average molecular weight is 369 g/mol. The van der Waals surface area contributed by atoms with Crippen molar-refractivity contribution in [1.29, 1.82) is 0 Å². The normalized spacial score (nSPS) is 11.9. The third kappa shape index (κ3) is 3.83. The number of carbonyl (C=O) groups excluding carboxylic acids is 1. The Hall–Kier alpha value is -2.93. The summed E-state index contributed by atoms with van der Waals surface area (Å²) in [5.41, 5.74) is 1.67. The van der Waals surface area contributed by atoms with Crippen molar-refractivity contribution in [2.45, 2.75) is 19.9 Å². The Morgan fingerprint density at radius 3 is 2.62 bits per heavy atom. The predicted molar refractivity (Wildman–Crippen MR) is 103 cm³/mol. The number of ether oxygens (including phenoxy) is 1. The summed E-state index contributed by atoms with van der Waals surface area (Å²) in [7, 11) is 0. The molecule has 0 aliphatic carbocycles. The SMILES string of the molecule is CCOc1ccc([C@@H](C)NC(=O)c2ccc3c(=O)[nH]c(=S)[nH]c3c2)cc1. The molecule has 26 heavy (non-hydrogen) atoms. The second kappa shape index (κ2) is 7.53. The summed E-state index contributed by atoms with van der Waals surface area (Å²) in [6.07, 6.45) is 0. The van der Waals surface area contributed by atoms with Gasteiger partial charge in [0, 0.05) is 5.56 Å². The van der Waals surface area contributed by atoms with E-state index < -0.39 is 0 Å². The van der Waals surface area contributed by atoms with Crippen molar-refractivity contribution in [3.05, 3.63) is 68.7 Å². The van der Waals surface area contributed by atoms with Gasteiger partial charge >= 0.3 is 0 Å². The maximum atomic E-state index is 12.5. The molecule has 7 heteroatoms. The Balaban J connectivity index is 1.79. The first-order chi connectivity index (χ1) is 12.5. The Bertz CT molecular complexity index is 1050. The quantitative estimate of drug-likeness (QED) is 0.601. The Morgan fingerprint density at radius 1 is 1.19 bits per heavy atom. The van der Waals surface area contributed by atoms with Crippen molar-refractivity contribution < 1.29 is 9.53 Å². The minimum Gasteiger partial charge on any atom is -0.494 e. The first-order valence-corrected chi connectivity index (χ1v) is 8.68. The van der Waals surface area contributed by atoms with Gasteiger partial charge in [-0.25, -0.2) is 0 Å². The topological polar surface area (TPSA) is 87.0 Å². The molecule has 0 unspecified atom stereocenters. The average Bonchev–Trinajstić information content (AvgIpc) is 2.61. The standard InChI is InChI=1S/C19H19N3O3S/c1-3-25-14-7-4-12(5-8-14)11(2)20-17(23)13-6-9-15-16(10-13)21-19(26)22-18(15)24/h4-11H,3H2,1-2H3,(H,20,23)(H2,21,22,24,26)/t11-/m1/s1. The lowest BCUT2D eigenvalue weighted by Crippen LogP contribution is -2.26. The number of nitrogens with one attached hydrogen (secondary N) is 3. The van der Waals surface area contributed by atoms with Crippen LogP contribution in [0.1, 0.15) is 35.8 Å². The van der Waals surface area contributed by atoms with E-state index in [4.69, 9.17) is 17.0 Å². The van der Waals surface area contributed by atoms with Crippen LogP contribution < -0.4 is 15.6 Å². The van der Waals surface area contributed by atoms with E-state index >= 15 is 0 Å². The highest BCUT2D eigenvalue weighted by molar-refractivity contribution is 7.71. The van der Waals surface area contributed by atoms with Gasteiger partial charge in [-0.3, -0.25) is 14.6 Å². The molecule has 0 saturated heterocycles. The molecule has 1 amide bonds. The number of carbonyl (C=O) groups is 1. The molecule has 1 heterocycles. The maximum Gasteiger partial charge on any atom is 0.259 e. The molecule has 3 N–H and O–H groups in total. The summed E-state index contributed by atoms with van der Waals surface area (Å²) < 4.78 is 5.65. The van der Waals surface area contributed by atoms with Gasteiger partial charge in [0.1, 0.15) is 5.75 Å². The third-order valence-corrected chi connectivity index (χ3v) is 4.24. The largest absolute Gasteiger partial charge is 0.494 e. The summed E-state index contributed by atoms with van der Waals surface area (Å²) in [4.78, 5) is 29.8. The van der Waals surface area contributed by atoms with Gasteiger partial charge in [0.25, 0.3) is 11.5 Å². The number of aromatic nitrogens is 2. The van der Waals surface area contributed by atoms with E-state index in [2.05, 4.69) is 15.3 Å². The first-order valence-electron chi connectivity index (χ1n) is 8.28. The van der Waals surface area contributed by atoms with Gasteiger partial charge in [0.2, 0.25) is 0 Å². The molecule has 6 nitrogen and oxygen atoms in total. The molecule has 0 bridgehead atoms. The van der Waals surface area contributed by atoms with E-state index in [1.54, 1.807) is 18.2 Å². The summed E-state index contributed by atoms with van der Waals surface area (Å²) in [6, 6.07) is 12.3. The van der Waals surface area contributed by atoms with Gasteiger partial charge in [-0.15, -0.1) is 0 Å². The molecule has 2 aromatic carbocycles. The van der Waals surface area contributed by atoms with Crippen LogP contribution in [0.3, 0.4) is 0 Å². The van der Waals surface area contributed by atoms with Crippen molar-refractivity contribution in [3.63, 3.8) is 0 Å². The molecular weight excluding hydrogens is 350 g/mol. The molecule has 3 rings (SSSR count). The number of aromatic amines is 2. The lowest BCUT2D eigenvalue weighted by Gasteiger charge is -2.15. The van der Waals surface area contributed by atoms with Crippen molar-refractivity contribution >= 4 is 29.0 Å². The number of rotatable bonds is 5. The third-order valence-electron chi connectivity index (χ3n) is 4.04. The fourth-order valence-electron chi connectivity index (χ4n) is 2.69. The van der Waals surface area contributed by atoms with E-state index in [9.17, 15) is 9.59 Å². The Kier molecular flexibility index (Phi) is 5.18. The number of benzene rings is 2. The first kappa shape index (κ1) is 17.9. The lowest BCUT2D eigenvalue weighted by atomic mass is 10.1. The van der Waals surface area contributed by atoms with Gasteiger partial charge in [-0.2, -0.15) is 0 Å². The van der Waals surface area contributed by atoms with E-state index in [-0.39, 0.29) is 22.3 Å². The fraction of sp³-hybridized carbons (Fsp3) is 0.211. The Labute approximate surface area is 155 Å². The second-order valence-electron chi connectivity index (χ2n) is 5.87. The van der Waals surface area contributed by atoms with Gasteiger partial charge < -0.3 is 15.0 Å². The molecule has 0 aliphatic heterocycles. The highest BCUT2D eigenvalue weighted by atomic mass is 32.1. The highest BCUT2D eigenvalue weighted by Crippen LogP contribution is 2.18. The van der Waals surface area contributed by atoms with Crippen molar-refractivity contribution in [2.24, 2.45) is 0 Å². The predicted octanol–water partition coefficient (Wildman–Crippen LogP) is 3.48.